The Morgan fingerprint density at radius 2 is 1.90 bits per heavy atom. The van der Waals surface area contributed by atoms with E-state index in [1.807, 2.05) is 13.8 Å². The molecule has 0 amide bonds. The van der Waals surface area contributed by atoms with Gasteiger partial charge < -0.3 is 14.8 Å². The van der Waals surface area contributed by atoms with E-state index in [4.69, 9.17) is 14.8 Å². The fraction of sp³-hybridized carbons (Fsp3) is 1.00. The van der Waals surface area contributed by atoms with Crippen molar-refractivity contribution in [3.05, 3.63) is 0 Å². The molecule has 0 aliphatic rings. The van der Waals surface area contributed by atoms with Crippen molar-refractivity contribution in [2.24, 2.45) is 5.41 Å². The smallest absolute Gasteiger partial charge is 0.427 e. The highest BCUT2D eigenvalue weighted by Gasteiger charge is 2.24. The molecule has 0 heterocycles. The molecule has 0 spiro atoms. The summed E-state index contributed by atoms with van der Waals surface area (Å²) in [5, 5.41) is 17.2. The Morgan fingerprint density at radius 3 is 2.20 bits per heavy atom. The molecular formula is C6H15BO3. The number of rotatable bonds is 4. The van der Waals surface area contributed by atoms with Gasteiger partial charge in [-0.15, -0.1) is 0 Å². The standard InChI is InChI=1S/C6H15BO3/c1-6(2,5-10-3)4-7(8)9/h8-9H,4-5H2,1-3H3. The molecule has 0 aromatic heterocycles. The van der Waals surface area contributed by atoms with Crippen molar-refractivity contribution in [3.8, 4) is 0 Å². The van der Waals surface area contributed by atoms with E-state index in [9.17, 15) is 0 Å². The van der Waals surface area contributed by atoms with Gasteiger partial charge in [-0.1, -0.05) is 13.8 Å². The third kappa shape index (κ3) is 4.79. The number of hydrogen-bond donors (Lipinski definition) is 2. The average Bonchev–Trinajstić information content (AvgIpc) is 1.59. The fourth-order valence-corrected chi connectivity index (χ4v) is 0.944. The minimum absolute atomic E-state index is 0.150. The van der Waals surface area contributed by atoms with E-state index < -0.39 is 7.12 Å². The first-order valence-corrected chi connectivity index (χ1v) is 3.33. The summed E-state index contributed by atoms with van der Waals surface area (Å²) in [6, 6.07) is 0. The first kappa shape index (κ1) is 9.94. The molecule has 2 N–H and O–H groups in total. The summed E-state index contributed by atoms with van der Waals surface area (Å²) >= 11 is 0. The van der Waals surface area contributed by atoms with Crippen LogP contribution in [-0.4, -0.2) is 30.9 Å². The predicted molar refractivity (Wildman–Crippen MR) is 40.7 cm³/mol. The molecule has 10 heavy (non-hydrogen) atoms. The highest BCUT2D eigenvalue weighted by Crippen LogP contribution is 2.21. The van der Waals surface area contributed by atoms with E-state index >= 15 is 0 Å². The Kier molecular flexibility index (Phi) is 3.94. The molecule has 3 nitrogen and oxygen atoms in total. The van der Waals surface area contributed by atoms with Gasteiger partial charge in [0.05, 0.1) is 6.61 Å². The zero-order valence-electron chi connectivity index (χ0n) is 6.79. The van der Waals surface area contributed by atoms with E-state index in [1.54, 1.807) is 7.11 Å². The Labute approximate surface area is 62.2 Å². The van der Waals surface area contributed by atoms with Gasteiger partial charge in [0, 0.05) is 7.11 Å². The molecule has 0 aliphatic heterocycles. The van der Waals surface area contributed by atoms with Crippen LogP contribution in [0.5, 0.6) is 0 Å². The predicted octanol–water partition coefficient (Wildman–Crippen LogP) is 0.132. The Morgan fingerprint density at radius 1 is 1.40 bits per heavy atom. The van der Waals surface area contributed by atoms with Gasteiger partial charge in [-0.25, -0.2) is 0 Å². The van der Waals surface area contributed by atoms with Crippen molar-refractivity contribution in [1.82, 2.24) is 0 Å². The highest BCUT2D eigenvalue weighted by molar-refractivity contribution is 6.41. The number of hydrogen-bond acceptors (Lipinski definition) is 3. The fourth-order valence-electron chi connectivity index (χ4n) is 0.944. The van der Waals surface area contributed by atoms with Crippen LogP contribution in [0.4, 0.5) is 0 Å². The molecule has 0 bridgehead atoms. The van der Waals surface area contributed by atoms with Crippen LogP contribution >= 0.6 is 0 Å². The Balaban J connectivity index is 3.63. The molecule has 0 saturated heterocycles. The third-order valence-electron chi connectivity index (χ3n) is 1.27. The van der Waals surface area contributed by atoms with Crippen LogP contribution in [-0.2, 0) is 4.74 Å². The number of ether oxygens (including phenoxy) is 1. The molecule has 60 valence electrons. The van der Waals surface area contributed by atoms with Crippen molar-refractivity contribution >= 4 is 7.12 Å². The summed E-state index contributed by atoms with van der Waals surface area (Å²) < 4.78 is 4.89. The molecule has 0 aromatic carbocycles. The van der Waals surface area contributed by atoms with Crippen molar-refractivity contribution in [3.63, 3.8) is 0 Å². The molecule has 0 rings (SSSR count). The largest absolute Gasteiger partial charge is 0.452 e. The highest BCUT2D eigenvalue weighted by atomic mass is 16.5. The minimum Gasteiger partial charge on any atom is -0.427 e. The van der Waals surface area contributed by atoms with E-state index in [-0.39, 0.29) is 5.41 Å². The van der Waals surface area contributed by atoms with Crippen molar-refractivity contribution < 1.29 is 14.8 Å². The quantitative estimate of drug-likeness (QED) is 0.554. The molecular weight excluding hydrogens is 131 g/mol. The monoisotopic (exact) mass is 146 g/mol. The van der Waals surface area contributed by atoms with Gasteiger partial charge in [0.1, 0.15) is 0 Å². The van der Waals surface area contributed by atoms with Crippen LogP contribution in [0.1, 0.15) is 13.8 Å². The van der Waals surface area contributed by atoms with E-state index in [0.717, 1.165) is 0 Å². The third-order valence-corrected chi connectivity index (χ3v) is 1.27. The summed E-state index contributed by atoms with van der Waals surface area (Å²) in [5.41, 5.74) is -0.150. The second-order valence-electron chi connectivity index (χ2n) is 3.28. The zero-order chi connectivity index (χ0) is 8.20. The molecule has 0 aliphatic carbocycles. The molecule has 0 atom stereocenters. The van der Waals surface area contributed by atoms with Gasteiger partial charge in [-0.3, -0.25) is 0 Å². The Bertz CT molecular complexity index is 93.0. The second kappa shape index (κ2) is 3.96. The van der Waals surface area contributed by atoms with Gasteiger partial charge in [0.2, 0.25) is 0 Å². The first-order valence-electron chi connectivity index (χ1n) is 3.33. The molecule has 4 heteroatoms. The second-order valence-corrected chi connectivity index (χ2v) is 3.28. The lowest BCUT2D eigenvalue weighted by atomic mass is 9.71. The van der Waals surface area contributed by atoms with Crippen LogP contribution in [0, 0.1) is 5.41 Å². The van der Waals surface area contributed by atoms with Gasteiger partial charge >= 0.3 is 7.12 Å². The topological polar surface area (TPSA) is 49.7 Å². The summed E-state index contributed by atoms with van der Waals surface area (Å²) in [7, 11) is 0.371. The lowest BCUT2D eigenvalue weighted by molar-refractivity contribution is 0.112. The molecule has 0 radical (unpaired) electrons. The summed E-state index contributed by atoms with van der Waals surface area (Å²) in [5.74, 6) is 0. The molecule has 0 fully saturated rings. The molecule has 0 saturated carbocycles. The van der Waals surface area contributed by atoms with Crippen molar-refractivity contribution in [2.45, 2.75) is 20.2 Å². The molecule has 0 unspecified atom stereocenters. The maximum Gasteiger partial charge on any atom is 0.452 e. The van der Waals surface area contributed by atoms with Crippen LogP contribution in [0.15, 0.2) is 0 Å². The minimum atomic E-state index is -1.23. The van der Waals surface area contributed by atoms with Gasteiger partial charge in [0.25, 0.3) is 0 Å². The zero-order valence-corrected chi connectivity index (χ0v) is 6.79. The van der Waals surface area contributed by atoms with Crippen LogP contribution in [0.3, 0.4) is 0 Å². The van der Waals surface area contributed by atoms with E-state index in [0.29, 0.717) is 12.9 Å². The number of methoxy groups -OCH3 is 1. The van der Waals surface area contributed by atoms with Crippen LogP contribution < -0.4 is 0 Å². The molecule has 0 aromatic rings. The summed E-state index contributed by atoms with van der Waals surface area (Å²) in [6.45, 7) is 4.40. The van der Waals surface area contributed by atoms with Crippen molar-refractivity contribution in [1.29, 1.82) is 0 Å². The lowest BCUT2D eigenvalue weighted by Crippen LogP contribution is -2.26. The van der Waals surface area contributed by atoms with Crippen LogP contribution in [0.25, 0.3) is 0 Å². The van der Waals surface area contributed by atoms with Gasteiger partial charge in [0.15, 0.2) is 0 Å². The summed E-state index contributed by atoms with van der Waals surface area (Å²) in [6.07, 6.45) is 0.348. The van der Waals surface area contributed by atoms with Crippen LogP contribution in [0.2, 0.25) is 6.32 Å². The van der Waals surface area contributed by atoms with E-state index in [2.05, 4.69) is 0 Å². The first-order chi connectivity index (χ1) is 4.48. The Hall–Kier alpha value is -0.0551. The summed E-state index contributed by atoms with van der Waals surface area (Å²) in [4.78, 5) is 0. The lowest BCUT2D eigenvalue weighted by Gasteiger charge is -2.22. The van der Waals surface area contributed by atoms with Crippen molar-refractivity contribution in [2.75, 3.05) is 13.7 Å². The maximum absolute atomic E-state index is 8.61. The van der Waals surface area contributed by atoms with Gasteiger partial charge in [-0.2, -0.15) is 0 Å². The normalized spacial score (nSPS) is 11.7. The SMILES string of the molecule is COCC(C)(C)CB(O)O. The average molecular weight is 146 g/mol. The van der Waals surface area contributed by atoms with Gasteiger partial charge in [-0.05, 0) is 11.7 Å². The maximum atomic E-state index is 8.61. The van der Waals surface area contributed by atoms with E-state index in [1.165, 1.54) is 0 Å².